The van der Waals surface area contributed by atoms with Crippen LogP contribution in [0.5, 0.6) is 0 Å². The highest BCUT2D eigenvalue weighted by atomic mass is 16.1. The SMILES string of the molecule is CCC(C)NCCCNC(=O)C1CCC1. The van der Waals surface area contributed by atoms with Crippen LogP contribution in [0, 0.1) is 5.92 Å². The molecular weight excluding hydrogens is 188 g/mol. The lowest BCUT2D eigenvalue weighted by atomic mass is 9.85. The Labute approximate surface area is 93.0 Å². The molecule has 0 heterocycles. The van der Waals surface area contributed by atoms with Crippen LogP contribution in [0.15, 0.2) is 0 Å². The third-order valence-electron chi connectivity index (χ3n) is 3.23. The highest BCUT2D eigenvalue weighted by Gasteiger charge is 2.24. The number of hydrogen-bond acceptors (Lipinski definition) is 2. The zero-order chi connectivity index (χ0) is 11.1. The summed E-state index contributed by atoms with van der Waals surface area (Å²) in [6, 6.07) is 0.590. The maximum Gasteiger partial charge on any atom is 0.223 e. The third-order valence-corrected chi connectivity index (χ3v) is 3.23. The summed E-state index contributed by atoms with van der Waals surface area (Å²) in [6.07, 6.45) is 5.61. The molecule has 0 spiro atoms. The van der Waals surface area contributed by atoms with Crippen LogP contribution in [-0.4, -0.2) is 25.0 Å². The van der Waals surface area contributed by atoms with Crippen LogP contribution in [0.3, 0.4) is 0 Å². The Morgan fingerprint density at radius 2 is 2.13 bits per heavy atom. The topological polar surface area (TPSA) is 41.1 Å². The maximum atomic E-state index is 11.4. The molecule has 0 aromatic heterocycles. The molecule has 0 saturated heterocycles. The summed E-state index contributed by atoms with van der Waals surface area (Å²) in [5.74, 6) is 0.595. The molecule has 1 saturated carbocycles. The molecule has 0 aromatic carbocycles. The Morgan fingerprint density at radius 3 is 2.67 bits per heavy atom. The standard InChI is InChI=1S/C12H24N2O/c1-3-10(2)13-8-5-9-14-12(15)11-6-4-7-11/h10-11,13H,3-9H2,1-2H3,(H,14,15). The molecule has 1 aliphatic carbocycles. The molecule has 1 rings (SSSR count). The fourth-order valence-corrected chi connectivity index (χ4v) is 1.61. The molecule has 0 bridgehead atoms. The van der Waals surface area contributed by atoms with E-state index in [1.165, 1.54) is 6.42 Å². The molecule has 0 aromatic rings. The van der Waals surface area contributed by atoms with Crippen LogP contribution in [0.4, 0.5) is 0 Å². The van der Waals surface area contributed by atoms with Crippen LogP contribution in [0.2, 0.25) is 0 Å². The zero-order valence-electron chi connectivity index (χ0n) is 10.0. The van der Waals surface area contributed by atoms with Gasteiger partial charge in [-0.2, -0.15) is 0 Å². The van der Waals surface area contributed by atoms with E-state index in [1.54, 1.807) is 0 Å². The molecule has 1 atom stereocenters. The first-order valence-corrected chi connectivity index (χ1v) is 6.25. The average Bonchev–Trinajstić information content (AvgIpc) is 2.14. The van der Waals surface area contributed by atoms with Gasteiger partial charge in [0, 0.05) is 18.5 Å². The minimum absolute atomic E-state index is 0.268. The summed E-state index contributed by atoms with van der Waals surface area (Å²) in [5.41, 5.74) is 0. The van der Waals surface area contributed by atoms with Crippen LogP contribution in [-0.2, 0) is 4.79 Å². The van der Waals surface area contributed by atoms with Crippen LogP contribution >= 0.6 is 0 Å². The molecular formula is C12H24N2O. The Balaban J connectivity index is 1.90. The lowest BCUT2D eigenvalue weighted by Crippen LogP contribution is -2.36. The molecule has 88 valence electrons. The van der Waals surface area contributed by atoms with E-state index in [0.29, 0.717) is 12.0 Å². The fraction of sp³-hybridized carbons (Fsp3) is 0.917. The number of amides is 1. The summed E-state index contributed by atoms with van der Waals surface area (Å²) in [7, 11) is 0. The number of rotatable bonds is 7. The molecule has 0 radical (unpaired) electrons. The van der Waals surface area contributed by atoms with Crippen molar-refractivity contribution >= 4 is 5.91 Å². The molecule has 1 fully saturated rings. The van der Waals surface area contributed by atoms with E-state index >= 15 is 0 Å². The lowest BCUT2D eigenvalue weighted by Gasteiger charge is -2.24. The normalized spacial score (nSPS) is 18.3. The lowest BCUT2D eigenvalue weighted by molar-refractivity contribution is -0.127. The summed E-state index contributed by atoms with van der Waals surface area (Å²) in [5, 5.41) is 6.41. The average molecular weight is 212 g/mol. The van der Waals surface area contributed by atoms with Gasteiger partial charge in [0.1, 0.15) is 0 Å². The van der Waals surface area contributed by atoms with E-state index in [-0.39, 0.29) is 5.91 Å². The van der Waals surface area contributed by atoms with Crippen molar-refractivity contribution in [2.75, 3.05) is 13.1 Å². The van der Waals surface area contributed by atoms with Crippen molar-refractivity contribution in [2.45, 2.75) is 52.0 Å². The minimum atomic E-state index is 0.268. The number of carbonyl (C=O) groups is 1. The monoisotopic (exact) mass is 212 g/mol. The fourth-order valence-electron chi connectivity index (χ4n) is 1.61. The van der Waals surface area contributed by atoms with Crippen molar-refractivity contribution in [1.82, 2.24) is 10.6 Å². The summed E-state index contributed by atoms with van der Waals surface area (Å²) in [6.45, 7) is 6.18. The van der Waals surface area contributed by atoms with E-state index in [9.17, 15) is 4.79 Å². The van der Waals surface area contributed by atoms with Crippen molar-refractivity contribution in [3.8, 4) is 0 Å². The smallest absolute Gasteiger partial charge is 0.223 e. The van der Waals surface area contributed by atoms with Crippen LogP contribution in [0.1, 0.15) is 46.0 Å². The van der Waals surface area contributed by atoms with E-state index in [0.717, 1.165) is 38.8 Å². The first-order chi connectivity index (χ1) is 7.24. The summed E-state index contributed by atoms with van der Waals surface area (Å²) >= 11 is 0. The Kier molecular flexibility index (Phi) is 5.69. The van der Waals surface area contributed by atoms with E-state index in [2.05, 4.69) is 24.5 Å². The zero-order valence-corrected chi connectivity index (χ0v) is 10.0. The second-order valence-electron chi connectivity index (χ2n) is 4.54. The van der Waals surface area contributed by atoms with Gasteiger partial charge in [-0.05, 0) is 39.2 Å². The predicted molar refractivity (Wildman–Crippen MR) is 62.7 cm³/mol. The number of nitrogens with one attached hydrogen (secondary N) is 2. The number of hydrogen-bond donors (Lipinski definition) is 2. The van der Waals surface area contributed by atoms with E-state index in [4.69, 9.17) is 0 Å². The third kappa shape index (κ3) is 4.65. The predicted octanol–water partition coefficient (Wildman–Crippen LogP) is 1.68. The van der Waals surface area contributed by atoms with Crippen molar-refractivity contribution in [1.29, 1.82) is 0 Å². The van der Waals surface area contributed by atoms with Gasteiger partial charge in [0.05, 0.1) is 0 Å². The largest absolute Gasteiger partial charge is 0.356 e. The quantitative estimate of drug-likeness (QED) is 0.630. The Hall–Kier alpha value is -0.570. The molecule has 1 unspecified atom stereocenters. The first-order valence-electron chi connectivity index (χ1n) is 6.25. The van der Waals surface area contributed by atoms with E-state index < -0.39 is 0 Å². The second kappa shape index (κ2) is 6.83. The molecule has 15 heavy (non-hydrogen) atoms. The van der Waals surface area contributed by atoms with Gasteiger partial charge in [0.2, 0.25) is 5.91 Å². The van der Waals surface area contributed by atoms with Crippen molar-refractivity contribution in [3.63, 3.8) is 0 Å². The van der Waals surface area contributed by atoms with Gasteiger partial charge in [-0.25, -0.2) is 0 Å². The summed E-state index contributed by atoms with van der Waals surface area (Å²) < 4.78 is 0. The minimum Gasteiger partial charge on any atom is -0.356 e. The molecule has 3 nitrogen and oxygen atoms in total. The van der Waals surface area contributed by atoms with Gasteiger partial charge in [0.15, 0.2) is 0 Å². The molecule has 1 aliphatic rings. The van der Waals surface area contributed by atoms with E-state index in [1.807, 2.05) is 0 Å². The first kappa shape index (κ1) is 12.5. The number of carbonyl (C=O) groups excluding carboxylic acids is 1. The van der Waals surface area contributed by atoms with Gasteiger partial charge < -0.3 is 10.6 Å². The van der Waals surface area contributed by atoms with Crippen LogP contribution in [0.25, 0.3) is 0 Å². The molecule has 3 heteroatoms. The Bertz CT molecular complexity index is 190. The van der Waals surface area contributed by atoms with Gasteiger partial charge >= 0.3 is 0 Å². The van der Waals surface area contributed by atoms with Crippen molar-refractivity contribution in [2.24, 2.45) is 5.92 Å². The highest BCUT2D eigenvalue weighted by Crippen LogP contribution is 2.25. The Morgan fingerprint density at radius 1 is 1.40 bits per heavy atom. The molecule has 0 aliphatic heterocycles. The molecule has 1 amide bonds. The van der Waals surface area contributed by atoms with Gasteiger partial charge in [0.25, 0.3) is 0 Å². The maximum absolute atomic E-state index is 11.4. The van der Waals surface area contributed by atoms with Gasteiger partial charge in [-0.1, -0.05) is 13.3 Å². The molecule has 2 N–H and O–H groups in total. The van der Waals surface area contributed by atoms with Crippen molar-refractivity contribution < 1.29 is 4.79 Å². The second-order valence-corrected chi connectivity index (χ2v) is 4.54. The van der Waals surface area contributed by atoms with Crippen molar-refractivity contribution in [3.05, 3.63) is 0 Å². The highest BCUT2D eigenvalue weighted by molar-refractivity contribution is 5.79. The van der Waals surface area contributed by atoms with Crippen LogP contribution < -0.4 is 10.6 Å². The van der Waals surface area contributed by atoms with Gasteiger partial charge in [-0.15, -0.1) is 0 Å². The van der Waals surface area contributed by atoms with Gasteiger partial charge in [-0.3, -0.25) is 4.79 Å². The summed E-state index contributed by atoms with van der Waals surface area (Å²) in [4.78, 5) is 11.4.